The average Bonchev–Trinajstić information content (AvgIpc) is 3.32. The summed E-state index contributed by atoms with van der Waals surface area (Å²) in [6, 6.07) is 26.2. The van der Waals surface area contributed by atoms with Gasteiger partial charge in [0.05, 0.1) is 12.0 Å². The molecule has 0 bridgehead atoms. The van der Waals surface area contributed by atoms with E-state index in [1.54, 1.807) is 42.5 Å². The number of carbonyl (C=O) groups excluding carboxylic acids is 1. The standard InChI is InChI=1S/C28H22N2O5S/c1-34-25-12-5-3-10-21(25)23-17-20(36(2,32)33)14-15-22(23)27(31)29-19-9-7-8-18(16-19)28-30-24-11-4-6-13-26(24)35-28/h3-17H,1-2H3,(H,29,31). The largest absolute Gasteiger partial charge is 0.496 e. The third kappa shape index (κ3) is 4.58. The van der Waals surface area contributed by atoms with Gasteiger partial charge >= 0.3 is 0 Å². The molecule has 0 saturated heterocycles. The Kier molecular flexibility index (Phi) is 6.03. The van der Waals surface area contributed by atoms with E-state index in [9.17, 15) is 13.2 Å². The van der Waals surface area contributed by atoms with Crippen molar-refractivity contribution in [3.8, 4) is 28.3 Å². The van der Waals surface area contributed by atoms with E-state index in [0.29, 0.717) is 45.2 Å². The molecule has 1 amide bonds. The smallest absolute Gasteiger partial charge is 0.256 e. The summed E-state index contributed by atoms with van der Waals surface area (Å²) in [6.45, 7) is 0. The first kappa shape index (κ1) is 23.3. The van der Waals surface area contributed by atoms with Crippen molar-refractivity contribution in [1.82, 2.24) is 4.98 Å². The van der Waals surface area contributed by atoms with Gasteiger partial charge in [-0.1, -0.05) is 36.4 Å². The first-order valence-electron chi connectivity index (χ1n) is 11.1. The van der Waals surface area contributed by atoms with Gasteiger partial charge < -0.3 is 14.5 Å². The fraction of sp³-hybridized carbons (Fsp3) is 0.0714. The van der Waals surface area contributed by atoms with Crippen LogP contribution in [0.1, 0.15) is 10.4 Å². The minimum atomic E-state index is -3.49. The van der Waals surface area contributed by atoms with Gasteiger partial charge in [-0.15, -0.1) is 0 Å². The molecule has 0 spiro atoms. The maximum absolute atomic E-state index is 13.4. The molecular formula is C28H22N2O5S. The molecule has 36 heavy (non-hydrogen) atoms. The molecule has 4 aromatic carbocycles. The molecule has 8 heteroatoms. The van der Waals surface area contributed by atoms with E-state index in [0.717, 1.165) is 11.8 Å². The number of hydrogen-bond acceptors (Lipinski definition) is 6. The van der Waals surface area contributed by atoms with Crippen molar-refractivity contribution in [1.29, 1.82) is 0 Å². The van der Waals surface area contributed by atoms with Crippen molar-refractivity contribution < 1.29 is 22.4 Å². The number of ether oxygens (including phenoxy) is 1. The van der Waals surface area contributed by atoms with E-state index in [4.69, 9.17) is 9.15 Å². The quantitative estimate of drug-likeness (QED) is 0.316. The molecule has 5 rings (SSSR count). The first-order valence-corrected chi connectivity index (χ1v) is 13.0. The van der Waals surface area contributed by atoms with Crippen LogP contribution in [0.4, 0.5) is 5.69 Å². The Morgan fingerprint density at radius 3 is 2.44 bits per heavy atom. The summed E-state index contributed by atoms with van der Waals surface area (Å²) in [5, 5.41) is 2.91. The number of methoxy groups -OCH3 is 1. The van der Waals surface area contributed by atoms with E-state index in [1.165, 1.54) is 25.3 Å². The SMILES string of the molecule is COc1ccccc1-c1cc(S(C)(=O)=O)ccc1C(=O)Nc1cccc(-c2nc3ccccc3o2)c1. The number of rotatable bonds is 6. The first-order chi connectivity index (χ1) is 17.3. The summed E-state index contributed by atoms with van der Waals surface area (Å²) in [6.07, 6.45) is 1.13. The number of anilines is 1. The minimum Gasteiger partial charge on any atom is -0.496 e. The van der Waals surface area contributed by atoms with Gasteiger partial charge in [-0.2, -0.15) is 0 Å². The lowest BCUT2D eigenvalue weighted by atomic mass is 9.98. The molecule has 1 N–H and O–H groups in total. The van der Waals surface area contributed by atoms with Crippen LogP contribution in [0.3, 0.4) is 0 Å². The molecule has 0 aliphatic heterocycles. The lowest BCUT2D eigenvalue weighted by molar-refractivity contribution is 0.102. The molecule has 0 aliphatic carbocycles. The van der Waals surface area contributed by atoms with E-state index in [-0.39, 0.29) is 4.90 Å². The second kappa shape index (κ2) is 9.31. The summed E-state index contributed by atoms with van der Waals surface area (Å²) >= 11 is 0. The molecule has 1 heterocycles. The Hall–Kier alpha value is -4.43. The number of aromatic nitrogens is 1. The van der Waals surface area contributed by atoms with Crippen LogP contribution in [0, 0.1) is 0 Å². The van der Waals surface area contributed by atoms with Crippen molar-refractivity contribution in [2.24, 2.45) is 0 Å². The van der Waals surface area contributed by atoms with Crippen LogP contribution in [-0.4, -0.2) is 32.7 Å². The van der Waals surface area contributed by atoms with Gasteiger partial charge in [0, 0.05) is 28.6 Å². The predicted molar refractivity (Wildman–Crippen MR) is 139 cm³/mol. The normalized spacial score (nSPS) is 11.4. The topological polar surface area (TPSA) is 98.5 Å². The zero-order valence-electron chi connectivity index (χ0n) is 19.6. The third-order valence-electron chi connectivity index (χ3n) is 5.72. The Labute approximate surface area is 208 Å². The number of nitrogens with zero attached hydrogens (tertiary/aromatic N) is 1. The number of sulfone groups is 1. The second-order valence-electron chi connectivity index (χ2n) is 8.20. The minimum absolute atomic E-state index is 0.109. The Morgan fingerprint density at radius 2 is 1.67 bits per heavy atom. The summed E-state index contributed by atoms with van der Waals surface area (Å²) in [7, 11) is -1.97. The van der Waals surface area contributed by atoms with Crippen molar-refractivity contribution in [3.05, 3.63) is 96.6 Å². The number of benzene rings is 4. The number of nitrogens with one attached hydrogen (secondary N) is 1. The van der Waals surface area contributed by atoms with Gasteiger partial charge in [0.1, 0.15) is 11.3 Å². The van der Waals surface area contributed by atoms with Gasteiger partial charge in [-0.3, -0.25) is 4.79 Å². The molecule has 0 aliphatic rings. The number of hydrogen-bond donors (Lipinski definition) is 1. The molecule has 0 atom stereocenters. The van der Waals surface area contributed by atoms with Gasteiger partial charge in [-0.25, -0.2) is 13.4 Å². The van der Waals surface area contributed by atoms with E-state index in [1.807, 2.05) is 30.3 Å². The van der Waals surface area contributed by atoms with Crippen molar-refractivity contribution >= 4 is 32.5 Å². The molecule has 5 aromatic rings. The van der Waals surface area contributed by atoms with Crippen molar-refractivity contribution in [2.75, 3.05) is 18.7 Å². The van der Waals surface area contributed by atoms with Crippen LogP contribution in [0.15, 0.2) is 100 Å². The van der Waals surface area contributed by atoms with Gasteiger partial charge in [-0.05, 0) is 60.2 Å². The molecule has 7 nitrogen and oxygen atoms in total. The Balaban J connectivity index is 1.52. The molecule has 0 radical (unpaired) electrons. The number of para-hydroxylation sites is 3. The number of amides is 1. The highest BCUT2D eigenvalue weighted by Crippen LogP contribution is 2.34. The van der Waals surface area contributed by atoms with Crippen LogP contribution in [0.2, 0.25) is 0 Å². The number of fused-ring (bicyclic) bond motifs is 1. The summed E-state index contributed by atoms with van der Waals surface area (Å²) < 4.78 is 35.8. The lowest BCUT2D eigenvalue weighted by Crippen LogP contribution is -2.14. The molecule has 0 fully saturated rings. The molecule has 1 aromatic heterocycles. The summed E-state index contributed by atoms with van der Waals surface area (Å²) in [4.78, 5) is 18.0. The van der Waals surface area contributed by atoms with Gasteiger partial charge in [0.15, 0.2) is 15.4 Å². The third-order valence-corrected chi connectivity index (χ3v) is 6.83. The second-order valence-corrected chi connectivity index (χ2v) is 10.2. The van der Waals surface area contributed by atoms with Crippen LogP contribution in [-0.2, 0) is 9.84 Å². The fourth-order valence-electron chi connectivity index (χ4n) is 3.97. The summed E-state index contributed by atoms with van der Waals surface area (Å²) in [5.41, 5.74) is 4.03. The van der Waals surface area contributed by atoms with E-state index < -0.39 is 15.7 Å². The Bertz CT molecular complexity index is 1670. The molecule has 0 unspecified atom stereocenters. The molecular weight excluding hydrogens is 476 g/mol. The molecule has 180 valence electrons. The van der Waals surface area contributed by atoms with Gasteiger partial charge in [0.25, 0.3) is 5.91 Å². The van der Waals surface area contributed by atoms with Crippen molar-refractivity contribution in [3.63, 3.8) is 0 Å². The van der Waals surface area contributed by atoms with E-state index >= 15 is 0 Å². The van der Waals surface area contributed by atoms with Crippen LogP contribution < -0.4 is 10.1 Å². The van der Waals surface area contributed by atoms with Crippen LogP contribution >= 0.6 is 0 Å². The zero-order chi connectivity index (χ0) is 25.3. The number of oxazole rings is 1. The monoisotopic (exact) mass is 498 g/mol. The van der Waals surface area contributed by atoms with Crippen LogP contribution in [0.25, 0.3) is 33.7 Å². The fourth-order valence-corrected chi connectivity index (χ4v) is 4.61. The van der Waals surface area contributed by atoms with E-state index in [2.05, 4.69) is 10.3 Å². The Morgan fingerprint density at radius 1 is 0.889 bits per heavy atom. The summed E-state index contributed by atoms with van der Waals surface area (Å²) in [5.74, 6) is 0.570. The molecule has 0 saturated carbocycles. The maximum atomic E-state index is 13.4. The van der Waals surface area contributed by atoms with Crippen molar-refractivity contribution in [2.45, 2.75) is 4.90 Å². The highest BCUT2D eigenvalue weighted by atomic mass is 32.2. The number of carbonyl (C=O) groups is 1. The highest BCUT2D eigenvalue weighted by molar-refractivity contribution is 7.90. The maximum Gasteiger partial charge on any atom is 0.256 e. The highest BCUT2D eigenvalue weighted by Gasteiger charge is 2.20. The van der Waals surface area contributed by atoms with Crippen LogP contribution in [0.5, 0.6) is 5.75 Å². The lowest BCUT2D eigenvalue weighted by Gasteiger charge is -2.15. The van der Waals surface area contributed by atoms with Gasteiger partial charge in [0.2, 0.25) is 5.89 Å². The average molecular weight is 499 g/mol. The predicted octanol–water partition coefficient (Wildman–Crippen LogP) is 5.83. The zero-order valence-corrected chi connectivity index (χ0v) is 20.4.